The highest BCUT2D eigenvalue weighted by Gasteiger charge is 2.20. The van der Waals surface area contributed by atoms with Crippen molar-refractivity contribution in [3.05, 3.63) is 29.8 Å². The highest BCUT2D eigenvalue weighted by Crippen LogP contribution is 2.25. The minimum atomic E-state index is -0.855. The van der Waals surface area contributed by atoms with E-state index in [-0.39, 0.29) is 0 Å². The first-order valence-corrected chi connectivity index (χ1v) is 6.74. The molecule has 6 nitrogen and oxygen atoms in total. The molecule has 0 saturated carbocycles. The number of tetrazole rings is 1. The molecule has 7 heteroatoms. The van der Waals surface area contributed by atoms with Crippen molar-refractivity contribution < 1.29 is 9.90 Å². The van der Waals surface area contributed by atoms with Gasteiger partial charge in [-0.1, -0.05) is 30.8 Å². The van der Waals surface area contributed by atoms with Crippen molar-refractivity contribution in [1.29, 1.82) is 0 Å². The second-order valence-electron chi connectivity index (χ2n) is 4.07. The van der Waals surface area contributed by atoms with Crippen molar-refractivity contribution in [3.63, 3.8) is 0 Å². The monoisotopic (exact) mass is 278 g/mol. The van der Waals surface area contributed by atoms with Crippen LogP contribution >= 0.6 is 11.8 Å². The zero-order chi connectivity index (χ0) is 13.8. The summed E-state index contributed by atoms with van der Waals surface area (Å²) in [5.74, 6) is -0.855. The Hall–Kier alpha value is -1.89. The Morgan fingerprint density at radius 1 is 1.53 bits per heavy atom. The number of aromatic nitrogens is 4. The molecule has 1 atom stereocenters. The van der Waals surface area contributed by atoms with E-state index in [1.54, 1.807) is 4.68 Å². The number of nitrogens with zero attached hydrogens (tertiary/aromatic N) is 4. The van der Waals surface area contributed by atoms with Gasteiger partial charge in [-0.2, -0.15) is 4.68 Å². The third-order valence-electron chi connectivity index (χ3n) is 2.58. The normalized spacial score (nSPS) is 12.3. The first kappa shape index (κ1) is 13.5. The fraction of sp³-hybridized carbons (Fsp3) is 0.333. The maximum absolute atomic E-state index is 11.1. The number of thioether (sulfide) groups is 1. The summed E-state index contributed by atoms with van der Waals surface area (Å²) in [5.41, 5.74) is 1.92. The Balaban J connectivity index is 2.30. The molecule has 0 radical (unpaired) electrons. The van der Waals surface area contributed by atoms with Gasteiger partial charge in [0.05, 0.1) is 5.69 Å². The van der Waals surface area contributed by atoms with Gasteiger partial charge in [-0.15, -0.1) is 5.10 Å². The van der Waals surface area contributed by atoms with Crippen LogP contribution < -0.4 is 0 Å². The van der Waals surface area contributed by atoms with E-state index in [0.717, 1.165) is 23.0 Å². The number of rotatable bonds is 5. The van der Waals surface area contributed by atoms with Gasteiger partial charge in [0.25, 0.3) is 0 Å². The summed E-state index contributed by atoms with van der Waals surface area (Å²) in [7, 11) is 0. The minimum Gasteiger partial charge on any atom is -0.480 e. The quantitative estimate of drug-likeness (QED) is 0.842. The van der Waals surface area contributed by atoms with Crippen LogP contribution in [0.1, 0.15) is 18.9 Å². The fourth-order valence-electron chi connectivity index (χ4n) is 1.61. The molecule has 0 aliphatic rings. The van der Waals surface area contributed by atoms with Gasteiger partial charge in [0.15, 0.2) is 0 Å². The van der Waals surface area contributed by atoms with Crippen LogP contribution in [0, 0.1) is 6.92 Å². The Bertz CT molecular complexity index is 585. The molecule has 0 aliphatic carbocycles. The lowest BCUT2D eigenvalue weighted by atomic mass is 10.2. The van der Waals surface area contributed by atoms with Crippen LogP contribution in [0.2, 0.25) is 0 Å². The van der Waals surface area contributed by atoms with Crippen LogP contribution in [-0.2, 0) is 4.79 Å². The number of carbonyl (C=O) groups is 1. The molecule has 1 N–H and O–H groups in total. The summed E-state index contributed by atoms with van der Waals surface area (Å²) >= 11 is 1.16. The third kappa shape index (κ3) is 3.11. The second-order valence-corrected chi connectivity index (χ2v) is 5.24. The smallest absolute Gasteiger partial charge is 0.317 e. The molecule has 0 bridgehead atoms. The van der Waals surface area contributed by atoms with Crippen LogP contribution in [0.15, 0.2) is 29.4 Å². The lowest BCUT2D eigenvalue weighted by Gasteiger charge is -2.09. The molecule has 0 saturated heterocycles. The Labute approximate surface area is 114 Å². The first-order chi connectivity index (χ1) is 9.11. The van der Waals surface area contributed by atoms with Crippen LogP contribution in [0.4, 0.5) is 0 Å². The zero-order valence-electron chi connectivity index (χ0n) is 10.6. The van der Waals surface area contributed by atoms with Crippen LogP contribution in [0.5, 0.6) is 0 Å². The molecule has 1 aromatic heterocycles. The summed E-state index contributed by atoms with van der Waals surface area (Å²) in [4.78, 5) is 11.1. The third-order valence-corrected chi connectivity index (χ3v) is 3.87. The Morgan fingerprint density at radius 3 is 2.95 bits per heavy atom. The molecule has 1 heterocycles. The van der Waals surface area contributed by atoms with Crippen LogP contribution in [0.25, 0.3) is 5.69 Å². The van der Waals surface area contributed by atoms with E-state index in [9.17, 15) is 4.79 Å². The zero-order valence-corrected chi connectivity index (χ0v) is 11.5. The van der Waals surface area contributed by atoms with Crippen molar-refractivity contribution in [2.24, 2.45) is 0 Å². The topological polar surface area (TPSA) is 80.9 Å². The SMILES string of the molecule is CCC(Sc1nnnn1-c1cccc(C)c1)C(=O)O. The summed E-state index contributed by atoms with van der Waals surface area (Å²) in [5, 5.41) is 20.5. The van der Waals surface area contributed by atoms with Gasteiger partial charge in [-0.3, -0.25) is 4.79 Å². The van der Waals surface area contributed by atoms with Gasteiger partial charge in [0.2, 0.25) is 5.16 Å². The first-order valence-electron chi connectivity index (χ1n) is 5.86. The van der Waals surface area contributed by atoms with Gasteiger partial charge in [-0.25, -0.2) is 0 Å². The van der Waals surface area contributed by atoms with E-state index in [2.05, 4.69) is 15.5 Å². The average Bonchev–Trinajstić information content (AvgIpc) is 2.83. The number of aliphatic carboxylic acids is 1. The standard InChI is InChI=1S/C12H14N4O2S/c1-3-10(11(17)18)19-12-13-14-15-16(12)9-6-4-5-8(2)7-9/h4-7,10H,3H2,1-2H3,(H,17,18). The van der Waals surface area contributed by atoms with Gasteiger partial charge in [0, 0.05) is 0 Å². The van der Waals surface area contributed by atoms with E-state index < -0.39 is 11.2 Å². The molecule has 1 aromatic carbocycles. The summed E-state index contributed by atoms with van der Waals surface area (Å²) in [6.07, 6.45) is 0.515. The molecule has 19 heavy (non-hydrogen) atoms. The van der Waals surface area contributed by atoms with Crippen molar-refractivity contribution in [3.8, 4) is 5.69 Å². The molecule has 0 aliphatic heterocycles. The summed E-state index contributed by atoms with van der Waals surface area (Å²) in [6, 6.07) is 7.72. The molecule has 1 unspecified atom stereocenters. The summed E-state index contributed by atoms with van der Waals surface area (Å²) < 4.78 is 1.56. The number of hydrogen-bond acceptors (Lipinski definition) is 5. The van der Waals surface area contributed by atoms with Crippen molar-refractivity contribution in [1.82, 2.24) is 20.2 Å². The molecule has 2 aromatic rings. The maximum atomic E-state index is 11.1. The Kier molecular flexibility index (Phi) is 4.16. The van der Waals surface area contributed by atoms with E-state index >= 15 is 0 Å². The lowest BCUT2D eigenvalue weighted by Crippen LogP contribution is -2.16. The molecule has 100 valence electrons. The van der Waals surface area contributed by atoms with E-state index in [1.165, 1.54) is 0 Å². The van der Waals surface area contributed by atoms with Crippen molar-refractivity contribution in [2.45, 2.75) is 30.7 Å². The summed E-state index contributed by atoms with van der Waals surface area (Å²) in [6.45, 7) is 3.80. The van der Waals surface area contributed by atoms with Crippen LogP contribution in [-0.4, -0.2) is 36.5 Å². The van der Waals surface area contributed by atoms with Crippen LogP contribution in [0.3, 0.4) is 0 Å². The molecule has 0 fully saturated rings. The molecular weight excluding hydrogens is 264 g/mol. The minimum absolute atomic E-state index is 0.486. The average molecular weight is 278 g/mol. The molecule has 2 rings (SSSR count). The highest BCUT2D eigenvalue weighted by molar-refractivity contribution is 8.00. The molecular formula is C12H14N4O2S. The predicted molar refractivity (Wildman–Crippen MR) is 71.5 cm³/mol. The highest BCUT2D eigenvalue weighted by atomic mass is 32.2. The predicted octanol–water partition coefficient (Wildman–Crippen LogP) is 1.93. The van der Waals surface area contributed by atoms with Gasteiger partial charge >= 0.3 is 5.97 Å². The molecule has 0 spiro atoms. The number of benzene rings is 1. The van der Waals surface area contributed by atoms with Crippen molar-refractivity contribution >= 4 is 17.7 Å². The van der Waals surface area contributed by atoms with Crippen molar-refractivity contribution in [2.75, 3.05) is 0 Å². The largest absolute Gasteiger partial charge is 0.480 e. The number of aryl methyl sites for hydroxylation is 1. The number of carboxylic acid groups (broad SMARTS) is 1. The van der Waals surface area contributed by atoms with Gasteiger partial charge < -0.3 is 5.11 Å². The maximum Gasteiger partial charge on any atom is 0.317 e. The van der Waals surface area contributed by atoms with E-state index in [1.807, 2.05) is 38.1 Å². The van der Waals surface area contributed by atoms with E-state index in [4.69, 9.17) is 5.11 Å². The Morgan fingerprint density at radius 2 is 2.32 bits per heavy atom. The van der Waals surface area contributed by atoms with E-state index in [0.29, 0.717) is 11.6 Å². The number of hydrogen-bond donors (Lipinski definition) is 1. The van der Waals surface area contributed by atoms with Gasteiger partial charge in [-0.05, 0) is 41.5 Å². The fourth-order valence-corrected chi connectivity index (χ4v) is 2.46. The molecule has 0 amide bonds. The second kappa shape index (κ2) is 5.83. The number of carboxylic acids is 1. The lowest BCUT2D eigenvalue weighted by molar-refractivity contribution is -0.136. The van der Waals surface area contributed by atoms with Gasteiger partial charge in [0.1, 0.15) is 5.25 Å².